The van der Waals surface area contributed by atoms with Crippen LogP contribution in [0.2, 0.25) is 0 Å². The topological polar surface area (TPSA) is 15.3 Å². The highest BCUT2D eigenvalue weighted by Crippen LogP contribution is 2.14. The van der Waals surface area contributed by atoms with E-state index in [1.165, 1.54) is 38.9 Å². The maximum absolute atomic E-state index is 3.57. The molecule has 0 aromatic heterocycles. The Morgan fingerprint density at radius 1 is 1.53 bits per heavy atom. The average Bonchev–Trinajstić information content (AvgIpc) is 2.27. The van der Waals surface area contributed by atoms with Gasteiger partial charge in [-0.3, -0.25) is 0 Å². The lowest BCUT2D eigenvalue weighted by Crippen LogP contribution is -2.46. The number of nitrogens with one attached hydrogen (secondary N) is 1. The van der Waals surface area contributed by atoms with Gasteiger partial charge in [0.25, 0.3) is 0 Å². The number of hydrogen-bond donors (Lipinski definition) is 1. The number of rotatable bonds is 6. The van der Waals surface area contributed by atoms with Gasteiger partial charge in [0.2, 0.25) is 0 Å². The fourth-order valence-corrected chi connectivity index (χ4v) is 2.54. The van der Waals surface area contributed by atoms with Gasteiger partial charge >= 0.3 is 0 Å². The van der Waals surface area contributed by atoms with Gasteiger partial charge in [0.15, 0.2) is 0 Å². The Bertz CT molecular complexity index is 162. The molecule has 0 bridgehead atoms. The Labute approximate surface area is 99.2 Å². The third-order valence-electron chi connectivity index (χ3n) is 3.25. The molecule has 0 spiro atoms. The van der Waals surface area contributed by atoms with Crippen molar-refractivity contribution in [2.75, 3.05) is 32.4 Å². The second kappa shape index (κ2) is 7.53. The molecule has 1 rings (SSSR count). The third kappa shape index (κ3) is 5.23. The molecule has 1 aliphatic heterocycles. The summed E-state index contributed by atoms with van der Waals surface area (Å²) in [5.74, 6) is 0. The summed E-state index contributed by atoms with van der Waals surface area (Å²) in [6, 6.07) is 0.744. The van der Waals surface area contributed by atoms with Gasteiger partial charge in [-0.25, -0.2) is 0 Å². The smallest absolute Gasteiger partial charge is 0.0195 e. The Balaban J connectivity index is 2.18. The van der Waals surface area contributed by atoms with Crippen LogP contribution in [0.1, 0.15) is 33.1 Å². The van der Waals surface area contributed by atoms with Gasteiger partial charge in [-0.15, -0.1) is 0 Å². The summed E-state index contributed by atoms with van der Waals surface area (Å²) < 4.78 is 0. The lowest BCUT2D eigenvalue weighted by atomic mass is 10.1. The van der Waals surface area contributed by atoms with E-state index in [0.717, 1.165) is 17.8 Å². The van der Waals surface area contributed by atoms with Crippen LogP contribution in [0.3, 0.4) is 0 Å². The highest BCUT2D eigenvalue weighted by Gasteiger charge is 2.18. The minimum Gasteiger partial charge on any atom is -0.313 e. The van der Waals surface area contributed by atoms with Crippen molar-refractivity contribution in [1.82, 2.24) is 10.2 Å². The summed E-state index contributed by atoms with van der Waals surface area (Å²) in [7, 11) is 0. The van der Waals surface area contributed by atoms with E-state index in [9.17, 15) is 0 Å². The van der Waals surface area contributed by atoms with Crippen LogP contribution in [0, 0.1) is 0 Å². The van der Waals surface area contributed by atoms with Crippen LogP contribution in [-0.4, -0.2) is 48.6 Å². The molecule has 2 atom stereocenters. The lowest BCUT2D eigenvalue weighted by molar-refractivity contribution is 0.190. The average molecular weight is 230 g/mol. The van der Waals surface area contributed by atoms with Crippen LogP contribution < -0.4 is 5.32 Å². The van der Waals surface area contributed by atoms with Crippen molar-refractivity contribution in [1.29, 1.82) is 0 Å². The molecule has 90 valence electrons. The van der Waals surface area contributed by atoms with Gasteiger partial charge in [-0.05, 0) is 45.2 Å². The van der Waals surface area contributed by atoms with Crippen molar-refractivity contribution in [3.05, 3.63) is 0 Å². The number of likely N-dealkylation sites (tertiary alicyclic amines) is 1. The minimum atomic E-state index is 0.744. The van der Waals surface area contributed by atoms with Gasteiger partial charge < -0.3 is 10.2 Å². The molecule has 0 radical (unpaired) electrons. The van der Waals surface area contributed by atoms with Crippen molar-refractivity contribution in [3.8, 4) is 0 Å². The van der Waals surface area contributed by atoms with E-state index >= 15 is 0 Å². The van der Waals surface area contributed by atoms with Crippen molar-refractivity contribution >= 4 is 11.8 Å². The first-order chi connectivity index (χ1) is 7.26. The zero-order valence-corrected chi connectivity index (χ0v) is 11.3. The Morgan fingerprint density at radius 2 is 2.33 bits per heavy atom. The zero-order valence-electron chi connectivity index (χ0n) is 10.5. The molecule has 1 saturated heterocycles. The summed E-state index contributed by atoms with van der Waals surface area (Å²) in [6.07, 6.45) is 6.27. The molecule has 0 amide bonds. The number of hydrogen-bond acceptors (Lipinski definition) is 3. The SMILES string of the molecule is CCNC1CCCN(CCC(C)SC)C1. The quantitative estimate of drug-likeness (QED) is 0.753. The lowest BCUT2D eigenvalue weighted by Gasteiger charge is -2.33. The zero-order chi connectivity index (χ0) is 11.1. The molecular weight excluding hydrogens is 204 g/mol. The Kier molecular flexibility index (Phi) is 6.69. The fraction of sp³-hybridized carbons (Fsp3) is 1.00. The second-order valence-corrected chi connectivity index (χ2v) is 5.81. The van der Waals surface area contributed by atoms with Crippen LogP contribution in [0.4, 0.5) is 0 Å². The molecule has 15 heavy (non-hydrogen) atoms. The number of thioether (sulfide) groups is 1. The van der Waals surface area contributed by atoms with E-state index in [1.54, 1.807) is 0 Å². The van der Waals surface area contributed by atoms with Gasteiger partial charge in [0, 0.05) is 17.8 Å². The second-order valence-electron chi connectivity index (χ2n) is 4.53. The molecule has 1 heterocycles. The van der Waals surface area contributed by atoms with E-state index in [0.29, 0.717) is 0 Å². The predicted octanol–water partition coefficient (Wildman–Crippen LogP) is 2.20. The highest BCUT2D eigenvalue weighted by molar-refractivity contribution is 7.99. The largest absolute Gasteiger partial charge is 0.313 e. The number of likely N-dealkylation sites (N-methyl/N-ethyl adjacent to an activating group) is 1. The summed E-state index contributed by atoms with van der Waals surface area (Å²) >= 11 is 1.98. The molecule has 2 nitrogen and oxygen atoms in total. The Morgan fingerprint density at radius 3 is 3.00 bits per heavy atom. The normalized spacial score (nSPS) is 25.4. The molecule has 3 heteroatoms. The Hall–Kier alpha value is 0.270. The summed E-state index contributed by atoms with van der Waals surface area (Å²) in [5, 5.41) is 4.38. The van der Waals surface area contributed by atoms with Crippen molar-refractivity contribution in [2.45, 2.75) is 44.4 Å². The molecular formula is C12H26N2S. The van der Waals surface area contributed by atoms with Gasteiger partial charge in [-0.1, -0.05) is 13.8 Å². The highest BCUT2D eigenvalue weighted by atomic mass is 32.2. The molecule has 0 saturated carbocycles. The predicted molar refractivity (Wildman–Crippen MR) is 70.7 cm³/mol. The molecule has 2 unspecified atom stereocenters. The molecule has 1 N–H and O–H groups in total. The van der Waals surface area contributed by atoms with E-state index in [1.807, 2.05) is 11.8 Å². The first-order valence-electron chi connectivity index (χ1n) is 6.24. The molecule has 1 fully saturated rings. The van der Waals surface area contributed by atoms with Gasteiger partial charge in [-0.2, -0.15) is 11.8 Å². The maximum atomic E-state index is 3.57. The number of piperidine rings is 1. The number of nitrogens with zero attached hydrogens (tertiary/aromatic N) is 1. The monoisotopic (exact) mass is 230 g/mol. The van der Waals surface area contributed by atoms with Crippen molar-refractivity contribution in [3.63, 3.8) is 0 Å². The molecule has 1 aliphatic rings. The summed E-state index contributed by atoms with van der Waals surface area (Å²) in [4.78, 5) is 2.63. The van der Waals surface area contributed by atoms with Gasteiger partial charge in [0.1, 0.15) is 0 Å². The maximum Gasteiger partial charge on any atom is 0.0195 e. The van der Waals surface area contributed by atoms with E-state index in [-0.39, 0.29) is 0 Å². The standard InChI is InChI=1S/C12H26N2S/c1-4-13-12-6-5-8-14(10-12)9-7-11(2)15-3/h11-13H,4-10H2,1-3H3. The van der Waals surface area contributed by atoms with Crippen LogP contribution in [-0.2, 0) is 0 Å². The minimum absolute atomic E-state index is 0.744. The summed E-state index contributed by atoms with van der Waals surface area (Å²) in [5.41, 5.74) is 0. The molecule has 0 aromatic rings. The van der Waals surface area contributed by atoms with Gasteiger partial charge in [0.05, 0.1) is 0 Å². The van der Waals surface area contributed by atoms with Crippen LogP contribution in [0.25, 0.3) is 0 Å². The molecule has 0 aliphatic carbocycles. The third-order valence-corrected chi connectivity index (χ3v) is 4.29. The van der Waals surface area contributed by atoms with E-state index < -0.39 is 0 Å². The summed E-state index contributed by atoms with van der Waals surface area (Å²) in [6.45, 7) is 9.49. The van der Waals surface area contributed by atoms with Crippen molar-refractivity contribution < 1.29 is 0 Å². The van der Waals surface area contributed by atoms with Crippen LogP contribution in [0.5, 0.6) is 0 Å². The van der Waals surface area contributed by atoms with E-state index in [4.69, 9.17) is 0 Å². The van der Waals surface area contributed by atoms with E-state index in [2.05, 4.69) is 30.3 Å². The first-order valence-corrected chi connectivity index (χ1v) is 7.53. The fourth-order valence-electron chi connectivity index (χ4n) is 2.20. The van der Waals surface area contributed by atoms with Crippen LogP contribution in [0.15, 0.2) is 0 Å². The van der Waals surface area contributed by atoms with Crippen molar-refractivity contribution in [2.24, 2.45) is 0 Å². The molecule has 0 aromatic carbocycles. The first kappa shape index (κ1) is 13.3. The van der Waals surface area contributed by atoms with Crippen LogP contribution >= 0.6 is 11.8 Å².